The maximum Gasteiger partial charge on any atom is 0.224 e. The van der Waals surface area contributed by atoms with Crippen LogP contribution in [0.1, 0.15) is 32.8 Å². The molecule has 0 aromatic heterocycles. The number of nitrogens with zero attached hydrogens (tertiary/aromatic N) is 1. The van der Waals surface area contributed by atoms with Gasteiger partial charge in [-0.2, -0.15) is 0 Å². The molecule has 3 nitrogen and oxygen atoms in total. The summed E-state index contributed by atoms with van der Waals surface area (Å²) in [5, 5.41) is 2.88. The SMILES string of the molecule is CCC(=O)Nc1ccc(N(Cc2ccccc2)C(C)C)cc1. The van der Waals surface area contributed by atoms with E-state index in [-0.39, 0.29) is 5.91 Å². The quantitative estimate of drug-likeness (QED) is 0.854. The second-order valence-electron chi connectivity index (χ2n) is 5.66. The van der Waals surface area contributed by atoms with Crippen molar-refractivity contribution < 1.29 is 4.79 Å². The van der Waals surface area contributed by atoms with E-state index in [9.17, 15) is 4.79 Å². The van der Waals surface area contributed by atoms with E-state index in [1.165, 1.54) is 5.56 Å². The van der Waals surface area contributed by atoms with Gasteiger partial charge in [0, 0.05) is 30.4 Å². The third kappa shape index (κ3) is 4.35. The maximum atomic E-state index is 11.4. The molecule has 0 saturated heterocycles. The number of nitrogens with one attached hydrogen (secondary N) is 1. The van der Waals surface area contributed by atoms with Crippen LogP contribution in [-0.2, 0) is 11.3 Å². The molecule has 0 saturated carbocycles. The van der Waals surface area contributed by atoms with E-state index in [1.54, 1.807) is 0 Å². The first-order valence-electron chi connectivity index (χ1n) is 7.80. The van der Waals surface area contributed by atoms with E-state index < -0.39 is 0 Å². The summed E-state index contributed by atoms with van der Waals surface area (Å²) in [6.07, 6.45) is 0.494. The van der Waals surface area contributed by atoms with E-state index in [4.69, 9.17) is 0 Å². The molecule has 0 atom stereocenters. The summed E-state index contributed by atoms with van der Waals surface area (Å²) in [6, 6.07) is 18.9. The number of amides is 1. The summed E-state index contributed by atoms with van der Waals surface area (Å²) in [5.74, 6) is 0.0396. The van der Waals surface area contributed by atoms with Crippen LogP contribution >= 0.6 is 0 Å². The van der Waals surface area contributed by atoms with Gasteiger partial charge in [-0.05, 0) is 43.7 Å². The molecule has 2 aromatic rings. The van der Waals surface area contributed by atoms with Gasteiger partial charge in [0.05, 0.1) is 0 Å². The van der Waals surface area contributed by atoms with Gasteiger partial charge in [0.2, 0.25) is 5.91 Å². The zero-order valence-electron chi connectivity index (χ0n) is 13.5. The molecule has 2 aromatic carbocycles. The molecule has 0 fully saturated rings. The van der Waals surface area contributed by atoms with E-state index in [2.05, 4.69) is 60.5 Å². The largest absolute Gasteiger partial charge is 0.365 e. The van der Waals surface area contributed by atoms with Crippen molar-refractivity contribution in [1.82, 2.24) is 0 Å². The van der Waals surface area contributed by atoms with Crippen LogP contribution in [-0.4, -0.2) is 11.9 Å². The van der Waals surface area contributed by atoms with Crippen LogP contribution in [0.4, 0.5) is 11.4 Å². The molecule has 0 heterocycles. The highest BCUT2D eigenvalue weighted by molar-refractivity contribution is 5.90. The number of rotatable bonds is 6. The van der Waals surface area contributed by atoms with Crippen LogP contribution in [0.25, 0.3) is 0 Å². The highest BCUT2D eigenvalue weighted by Crippen LogP contribution is 2.22. The van der Waals surface area contributed by atoms with E-state index in [0.29, 0.717) is 12.5 Å². The Morgan fingerprint density at radius 2 is 1.68 bits per heavy atom. The molecule has 0 aliphatic heterocycles. The second-order valence-corrected chi connectivity index (χ2v) is 5.66. The number of benzene rings is 2. The van der Waals surface area contributed by atoms with Gasteiger partial charge < -0.3 is 10.2 Å². The summed E-state index contributed by atoms with van der Waals surface area (Å²) in [4.78, 5) is 13.8. The lowest BCUT2D eigenvalue weighted by Crippen LogP contribution is -2.30. The number of anilines is 2. The first-order chi connectivity index (χ1) is 10.6. The van der Waals surface area contributed by atoms with Crippen molar-refractivity contribution in [2.75, 3.05) is 10.2 Å². The minimum atomic E-state index is 0.0396. The summed E-state index contributed by atoms with van der Waals surface area (Å²) in [5.41, 5.74) is 3.30. The first kappa shape index (κ1) is 16.1. The average molecular weight is 296 g/mol. The fourth-order valence-electron chi connectivity index (χ4n) is 2.34. The van der Waals surface area contributed by atoms with Crippen molar-refractivity contribution in [1.29, 1.82) is 0 Å². The third-order valence-corrected chi connectivity index (χ3v) is 3.62. The van der Waals surface area contributed by atoms with Crippen LogP contribution in [0.3, 0.4) is 0 Å². The molecule has 0 radical (unpaired) electrons. The standard InChI is InChI=1S/C19H24N2O/c1-4-19(22)20-17-10-12-18(13-11-17)21(15(2)3)14-16-8-6-5-7-9-16/h5-13,15H,4,14H2,1-3H3,(H,20,22). The van der Waals surface area contributed by atoms with Gasteiger partial charge in [-0.25, -0.2) is 0 Å². The summed E-state index contributed by atoms with van der Waals surface area (Å²) in [6.45, 7) is 7.11. The Bertz CT molecular complexity index is 591. The van der Waals surface area contributed by atoms with Gasteiger partial charge in [-0.1, -0.05) is 37.3 Å². The second kappa shape index (κ2) is 7.64. The molecule has 116 valence electrons. The molecule has 1 amide bonds. The number of carbonyl (C=O) groups excluding carboxylic acids is 1. The zero-order valence-corrected chi connectivity index (χ0v) is 13.5. The fourth-order valence-corrected chi connectivity index (χ4v) is 2.34. The van der Waals surface area contributed by atoms with Crippen molar-refractivity contribution in [3.63, 3.8) is 0 Å². The molecule has 0 bridgehead atoms. The van der Waals surface area contributed by atoms with Gasteiger partial charge >= 0.3 is 0 Å². The number of carbonyl (C=O) groups is 1. The van der Waals surface area contributed by atoms with Gasteiger partial charge in [0.25, 0.3) is 0 Å². The molecule has 0 unspecified atom stereocenters. The molecular weight excluding hydrogens is 272 g/mol. The van der Waals surface area contributed by atoms with Gasteiger partial charge in [0.1, 0.15) is 0 Å². The smallest absolute Gasteiger partial charge is 0.224 e. The van der Waals surface area contributed by atoms with Crippen LogP contribution in [0.5, 0.6) is 0 Å². The Kier molecular flexibility index (Phi) is 5.59. The average Bonchev–Trinajstić information content (AvgIpc) is 2.54. The maximum absolute atomic E-state index is 11.4. The fraction of sp³-hybridized carbons (Fsp3) is 0.316. The van der Waals surface area contributed by atoms with Crippen LogP contribution < -0.4 is 10.2 Å². The first-order valence-corrected chi connectivity index (χ1v) is 7.80. The van der Waals surface area contributed by atoms with Crippen molar-refractivity contribution in [3.05, 3.63) is 60.2 Å². The summed E-state index contributed by atoms with van der Waals surface area (Å²) in [7, 11) is 0. The lowest BCUT2D eigenvalue weighted by molar-refractivity contribution is -0.115. The topological polar surface area (TPSA) is 32.3 Å². The predicted molar refractivity (Wildman–Crippen MR) is 93.1 cm³/mol. The van der Waals surface area contributed by atoms with Crippen molar-refractivity contribution in [3.8, 4) is 0 Å². The van der Waals surface area contributed by atoms with Crippen LogP contribution in [0.2, 0.25) is 0 Å². The van der Waals surface area contributed by atoms with E-state index >= 15 is 0 Å². The minimum absolute atomic E-state index is 0.0396. The normalized spacial score (nSPS) is 10.5. The highest BCUT2D eigenvalue weighted by atomic mass is 16.1. The lowest BCUT2D eigenvalue weighted by atomic mass is 10.1. The summed E-state index contributed by atoms with van der Waals surface area (Å²) < 4.78 is 0. The monoisotopic (exact) mass is 296 g/mol. The molecule has 0 aliphatic rings. The van der Waals surface area contributed by atoms with Crippen molar-refractivity contribution >= 4 is 17.3 Å². The molecule has 0 spiro atoms. The summed E-state index contributed by atoms with van der Waals surface area (Å²) >= 11 is 0. The third-order valence-electron chi connectivity index (χ3n) is 3.62. The van der Waals surface area contributed by atoms with Gasteiger partial charge in [-0.3, -0.25) is 4.79 Å². The predicted octanol–water partition coefficient (Wildman–Crippen LogP) is 4.45. The molecule has 22 heavy (non-hydrogen) atoms. The highest BCUT2D eigenvalue weighted by Gasteiger charge is 2.11. The molecule has 3 heteroatoms. The van der Waals surface area contributed by atoms with E-state index in [0.717, 1.165) is 17.9 Å². The number of hydrogen-bond donors (Lipinski definition) is 1. The van der Waals surface area contributed by atoms with Crippen molar-refractivity contribution in [2.45, 2.75) is 39.8 Å². The van der Waals surface area contributed by atoms with Gasteiger partial charge in [0.15, 0.2) is 0 Å². The Hall–Kier alpha value is -2.29. The molecule has 1 N–H and O–H groups in total. The van der Waals surface area contributed by atoms with Crippen molar-refractivity contribution in [2.24, 2.45) is 0 Å². The minimum Gasteiger partial charge on any atom is -0.365 e. The Balaban J connectivity index is 2.13. The van der Waals surface area contributed by atoms with E-state index in [1.807, 2.05) is 25.1 Å². The number of hydrogen-bond acceptors (Lipinski definition) is 2. The Morgan fingerprint density at radius 1 is 1.05 bits per heavy atom. The lowest BCUT2D eigenvalue weighted by Gasteiger charge is -2.29. The van der Waals surface area contributed by atoms with Crippen LogP contribution in [0.15, 0.2) is 54.6 Å². The molecule has 2 rings (SSSR count). The Labute approximate surface area is 133 Å². The van der Waals surface area contributed by atoms with Crippen LogP contribution in [0, 0.1) is 0 Å². The molecular formula is C19H24N2O. The zero-order chi connectivity index (χ0) is 15.9. The van der Waals surface area contributed by atoms with Gasteiger partial charge in [-0.15, -0.1) is 0 Å². The Morgan fingerprint density at radius 3 is 2.23 bits per heavy atom. The molecule has 0 aliphatic carbocycles.